The monoisotopic (exact) mass is 300 g/mol. The molecule has 3 rings (SSSR count). The molecule has 2 saturated heterocycles. The molecule has 0 aromatic heterocycles. The van der Waals surface area contributed by atoms with Gasteiger partial charge in [0.15, 0.2) is 0 Å². The van der Waals surface area contributed by atoms with E-state index in [-0.39, 0.29) is 17.5 Å². The van der Waals surface area contributed by atoms with Crippen LogP contribution in [0.4, 0.5) is 4.79 Å². The number of aliphatic carboxylic acids is 1. The van der Waals surface area contributed by atoms with Crippen LogP contribution in [0.2, 0.25) is 0 Å². The summed E-state index contributed by atoms with van der Waals surface area (Å²) in [7, 11) is 0. The zero-order valence-electron chi connectivity index (χ0n) is 11.3. The third-order valence-electron chi connectivity index (χ3n) is 4.08. The predicted octanol–water partition coefficient (Wildman–Crippen LogP) is 1.11. The maximum atomic E-state index is 12.3. The van der Waals surface area contributed by atoms with E-state index in [9.17, 15) is 14.7 Å². The highest BCUT2D eigenvalue weighted by Gasteiger charge is 2.48. The van der Waals surface area contributed by atoms with Crippen molar-refractivity contribution in [2.45, 2.75) is 43.2 Å². The van der Waals surface area contributed by atoms with Crippen LogP contribution in [-0.2, 0) is 9.53 Å². The van der Waals surface area contributed by atoms with E-state index in [2.05, 4.69) is 5.32 Å². The van der Waals surface area contributed by atoms with Crippen LogP contribution in [0.25, 0.3) is 0 Å². The Hall–Kier alpha value is -0.950. The first kappa shape index (κ1) is 14.0. The highest BCUT2D eigenvalue weighted by Crippen LogP contribution is 2.45. The lowest BCUT2D eigenvalue weighted by Crippen LogP contribution is -2.51. The molecule has 2 heterocycles. The van der Waals surface area contributed by atoms with Crippen molar-refractivity contribution in [1.29, 1.82) is 0 Å². The number of carbonyl (C=O) groups is 2. The van der Waals surface area contributed by atoms with Gasteiger partial charge < -0.3 is 15.2 Å². The maximum Gasteiger partial charge on any atom is 0.327 e. The van der Waals surface area contributed by atoms with Crippen LogP contribution in [-0.4, -0.2) is 58.4 Å². The fourth-order valence-electron chi connectivity index (χ4n) is 2.82. The van der Waals surface area contributed by atoms with Gasteiger partial charge in [-0.3, -0.25) is 4.90 Å². The van der Waals surface area contributed by atoms with Gasteiger partial charge in [-0.15, -0.1) is 11.8 Å². The number of rotatable bonds is 4. The zero-order valence-corrected chi connectivity index (χ0v) is 12.1. The molecule has 0 radical (unpaired) electrons. The summed E-state index contributed by atoms with van der Waals surface area (Å²) in [5.74, 6) is 0.0508. The molecular weight excluding hydrogens is 280 g/mol. The molecule has 3 unspecified atom stereocenters. The lowest BCUT2D eigenvalue weighted by atomic mass is 10.2. The van der Waals surface area contributed by atoms with Crippen LogP contribution >= 0.6 is 11.8 Å². The summed E-state index contributed by atoms with van der Waals surface area (Å²) >= 11 is 1.60. The Morgan fingerprint density at radius 1 is 1.35 bits per heavy atom. The Morgan fingerprint density at radius 3 is 2.75 bits per heavy atom. The summed E-state index contributed by atoms with van der Waals surface area (Å²) in [6, 6.07) is -0.954. The number of carbonyl (C=O) groups excluding carboxylic acids is 1. The molecule has 3 fully saturated rings. The molecule has 6 nitrogen and oxygen atoms in total. The van der Waals surface area contributed by atoms with E-state index < -0.39 is 12.0 Å². The van der Waals surface area contributed by atoms with Crippen molar-refractivity contribution in [2.24, 2.45) is 5.92 Å². The molecule has 0 aromatic rings. The third kappa shape index (κ3) is 2.88. The molecule has 7 heteroatoms. The maximum absolute atomic E-state index is 12.3. The van der Waals surface area contributed by atoms with Gasteiger partial charge in [0.05, 0.1) is 11.5 Å². The fourth-order valence-corrected chi connectivity index (χ4v) is 4.45. The molecule has 3 atom stereocenters. The first-order valence-corrected chi connectivity index (χ1v) is 8.24. The van der Waals surface area contributed by atoms with Crippen molar-refractivity contribution in [1.82, 2.24) is 10.2 Å². The summed E-state index contributed by atoms with van der Waals surface area (Å²) in [6.45, 7) is 1.23. The first-order valence-electron chi connectivity index (χ1n) is 7.19. The number of amides is 2. The molecule has 2 N–H and O–H groups in total. The Labute approximate surface area is 122 Å². The van der Waals surface area contributed by atoms with Gasteiger partial charge >= 0.3 is 12.0 Å². The van der Waals surface area contributed by atoms with E-state index >= 15 is 0 Å². The van der Waals surface area contributed by atoms with E-state index in [1.54, 1.807) is 16.7 Å². The number of urea groups is 1. The molecule has 0 bridgehead atoms. The largest absolute Gasteiger partial charge is 0.480 e. The van der Waals surface area contributed by atoms with Crippen LogP contribution in [0.15, 0.2) is 0 Å². The lowest BCUT2D eigenvalue weighted by Gasteiger charge is -2.28. The van der Waals surface area contributed by atoms with Gasteiger partial charge in [0.2, 0.25) is 0 Å². The Balaban J connectivity index is 1.60. The smallest absolute Gasteiger partial charge is 0.327 e. The Morgan fingerprint density at radius 2 is 2.15 bits per heavy atom. The molecule has 2 aliphatic heterocycles. The van der Waals surface area contributed by atoms with Crippen molar-refractivity contribution < 1.29 is 19.4 Å². The summed E-state index contributed by atoms with van der Waals surface area (Å²) in [5.41, 5.74) is 0. The summed E-state index contributed by atoms with van der Waals surface area (Å²) < 4.78 is 5.47. The number of thioether (sulfide) groups is 1. The zero-order chi connectivity index (χ0) is 14.1. The van der Waals surface area contributed by atoms with Crippen LogP contribution in [0.1, 0.15) is 25.7 Å². The topological polar surface area (TPSA) is 78.9 Å². The number of hydrogen-bond acceptors (Lipinski definition) is 4. The Kier molecular flexibility index (Phi) is 4.07. The van der Waals surface area contributed by atoms with Gasteiger partial charge in [0.25, 0.3) is 0 Å². The summed E-state index contributed by atoms with van der Waals surface area (Å²) in [4.78, 5) is 25.2. The minimum atomic E-state index is -0.909. The van der Waals surface area contributed by atoms with Gasteiger partial charge in [-0.2, -0.15) is 0 Å². The van der Waals surface area contributed by atoms with Crippen molar-refractivity contribution in [3.63, 3.8) is 0 Å². The van der Waals surface area contributed by atoms with E-state index in [4.69, 9.17) is 4.74 Å². The van der Waals surface area contributed by atoms with Crippen LogP contribution in [0, 0.1) is 5.92 Å². The average Bonchev–Trinajstić information content (AvgIpc) is 2.97. The molecule has 0 spiro atoms. The molecule has 20 heavy (non-hydrogen) atoms. The SMILES string of the molecule is O=C(O)C1CSC(C2CC2)N1C(=O)NCC1CCCO1. The quantitative estimate of drug-likeness (QED) is 0.813. The molecule has 0 aromatic carbocycles. The van der Waals surface area contributed by atoms with Gasteiger partial charge in [-0.05, 0) is 31.6 Å². The second-order valence-corrected chi connectivity index (χ2v) is 6.79. The summed E-state index contributed by atoms with van der Waals surface area (Å²) in [6.07, 6.45) is 4.27. The molecule has 2 amide bonds. The summed E-state index contributed by atoms with van der Waals surface area (Å²) in [5, 5.41) is 12.2. The van der Waals surface area contributed by atoms with E-state index in [1.165, 1.54) is 0 Å². The highest BCUT2D eigenvalue weighted by molar-refractivity contribution is 8.00. The van der Waals surface area contributed by atoms with E-state index in [1.807, 2.05) is 0 Å². The number of carboxylic acid groups (broad SMARTS) is 1. The van der Waals surface area contributed by atoms with Crippen molar-refractivity contribution in [2.75, 3.05) is 18.9 Å². The second kappa shape index (κ2) is 5.81. The molecule has 1 saturated carbocycles. The number of carboxylic acids is 1. The van der Waals surface area contributed by atoms with Gasteiger partial charge in [0.1, 0.15) is 6.04 Å². The normalized spacial score (nSPS) is 33.4. The number of hydrogen-bond donors (Lipinski definition) is 2. The van der Waals surface area contributed by atoms with Crippen molar-refractivity contribution in [3.05, 3.63) is 0 Å². The number of nitrogens with zero attached hydrogens (tertiary/aromatic N) is 1. The standard InChI is InChI=1S/C13H20N2O4S/c16-12(17)10-7-20-11(8-3-4-8)15(10)13(18)14-6-9-2-1-5-19-9/h8-11H,1-7H2,(H,14,18)(H,16,17). The van der Waals surface area contributed by atoms with E-state index in [0.717, 1.165) is 32.3 Å². The first-order chi connectivity index (χ1) is 9.66. The fraction of sp³-hybridized carbons (Fsp3) is 0.846. The van der Waals surface area contributed by atoms with Crippen molar-refractivity contribution >= 4 is 23.8 Å². The van der Waals surface area contributed by atoms with Crippen LogP contribution in [0.5, 0.6) is 0 Å². The highest BCUT2D eigenvalue weighted by atomic mass is 32.2. The lowest BCUT2D eigenvalue weighted by molar-refractivity contribution is -0.141. The third-order valence-corrected chi connectivity index (χ3v) is 5.55. The molecule has 3 aliphatic rings. The molecule has 112 valence electrons. The minimum Gasteiger partial charge on any atom is -0.480 e. The van der Waals surface area contributed by atoms with Gasteiger partial charge in [-0.25, -0.2) is 9.59 Å². The van der Waals surface area contributed by atoms with Crippen molar-refractivity contribution in [3.8, 4) is 0 Å². The van der Waals surface area contributed by atoms with Crippen LogP contribution in [0.3, 0.4) is 0 Å². The van der Waals surface area contributed by atoms with Gasteiger partial charge in [-0.1, -0.05) is 0 Å². The van der Waals surface area contributed by atoms with Crippen LogP contribution < -0.4 is 5.32 Å². The predicted molar refractivity (Wildman–Crippen MR) is 74.6 cm³/mol. The minimum absolute atomic E-state index is 0.0283. The van der Waals surface area contributed by atoms with Gasteiger partial charge in [0, 0.05) is 18.9 Å². The average molecular weight is 300 g/mol. The second-order valence-electron chi connectivity index (χ2n) is 5.64. The molecule has 1 aliphatic carbocycles. The number of nitrogens with one attached hydrogen (secondary N) is 1. The number of ether oxygens (including phenoxy) is 1. The van der Waals surface area contributed by atoms with E-state index in [0.29, 0.717) is 18.2 Å². The Bertz CT molecular complexity index is 396. The molecular formula is C13H20N2O4S.